The van der Waals surface area contributed by atoms with Crippen molar-refractivity contribution in [2.75, 3.05) is 6.67 Å². The Hall–Kier alpha value is -0.610. The van der Waals surface area contributed by atoms with E-state index in [0.29, 0.717) is 0 Å². The van der Waals surface area contributed by atoms with E-state index in [1.54, 1.807) is 0 Å². The van der Waals surface area contributed by atoms with Crippen molar-refractivity contribution in [3.8, 4) is 0 Å². The lowest BCUT2D eigenvalue weighted by atomic mass is 10.2. The highest BCUT2D eigenvalue weighted by Gasteiger charge is 2.36. The Bertz CT molecular complexity index is 117. The van der Waals surface area contributed by atoms with Gasteiger partial charge in [0.05, 0.1) is 6.67 Å². The highest BCUT2D eigenvalue weighted by atomic mass is 19.4. The van der Waals surface area contributed by atoms with Crippen LogP contribution in [0.5, 0.6) is 0 Å². The molecule has 0 spiro atoms. The number of ketones is 1. The molecule has 0 unspecified atom stereocenters. The number of Topliss-reactive ketones (excluding diaryl/α,β-unsaturated/α-hetero) is 1. The molecule has 1 nitrogen and oxygen atoms in total. The second-order valence-corrected chi connectivity index (χ2v) is 1.71. The summed E-state index contributed by atoms with van der Waals surface area (Å²) in [5, 5.41) is 0. The average Bonchev–Trinajstić information content (AvgIpc) is 1.80. The molecule has 0 atom stereocenters. The third-order valence-corrected chi connectivity index (χ3v) is 0.854. The first kappa shape index (κ1) is 9.39. The molecule has 0 bridgehead atoms. The molecular weight excluding hydrogens is 152 g/mol. The second-order valence-electron chi connectivity index (χ2n) is 1.71. The van der Waals surface area contributed by atoms with E-state index in [9.17, 15) is 22.4 Å². The van der Waals surface area contributed by atoms with Crippen LogP contribution in [-0.4, -0.2) is 18.6 Å². The first-order valence-corrected chi connectivity index (χ1v) is 2.64. The Labute approximate surface area is 55.0 Å². The molecule has 0 radical (unpaired) electrons. The van der Waals surface area contributed by atoms with Gasteiger partial charge in [-0.3, -0.25) is 9.18 Å². The number of carbonyl (C=O) groups is 1. The van der Waals surface area contributed by atoms with E-state index in [0.717, 1.165) is 0 Å². The fourth-order valence-electron chi connectivity index (χ4n) is 0.369. The van der Waals surface area contributed by atoms with Crippen LogP contribution in [0.15, 0.2) is 0 Å². The summed E-state index contributed by atoms with van der Waals surface area (Å²) in [6, 6.07) is 0. The molecule has 0 aliphatic rings. The Kier molecular flexibility index (Phi) is 3.32. The van der Waals surface area contributed by atoms with Gasteiger partial charge in [0.1, 0.15) is 0 Å². The third kappa shape index (κ3) is 3.42. The lowest BCUT2D eigenvalue weighted by Crippen LogP contribution is -2.22. The summed E-state index contributed by atoms with van der Waals surface area (Å²) in [4.78, 5) is 9.93. The number of hydrogen-bond acceptors (Lipinski definition) is 1. The molecule has 0 fully saturated rings. The molecule has 0 N–H and O–H groups in total. The molecule has 0 amide bonds. The van der Waals surface area contributed by atoms with Crippen LogP contribution in [-0.2, 0) is 4.79 Å². The summed E-state index contributed by atoms with van der Waals surface area (Å²) in [5.41, 5.74) is 0. The van der Waals surface area contributed by atoms with Gasteiger partial charge >= 0.3 is 6.18 Å². The standard InChI is InChI=1S/C5H6F4O/c6-3-1-2-4(10)5(7,8)9/h1-3H2. The number of hydrogen-bond donors (Lipinski definition) is 0. The molecular formula is C5H6F4O. The maximum atomic E-state index is 11.3. The number of rotatable bonds is 3. The number of halogens is 4. The zero-order chi connectivity index (χ0) is 8.20. The second kappa shape index (κ2) is 3.53. The predicted octanol–water partition coefficient (Wildman–Crippen LogP) is 1.87. The molecule has 0 aliphatic heterocycles. The van der Waals surface area contributed by atoms with Crippen molar-refractivity contribution in [3.05, 3.63) is 0 Å². The fourth-order valence-corrected chi connectivity index (χ4v) is 0.369. The van der Waals surface area contributed by atoms with E-state index >= 15 is 0 Å². The molecule has 0 aromatic carbocycles. The Morgan fingerprint density at radius 3 is 2.10 bits per heavy atom. The van der Waals surface area contributed by atoms with E-state index in [1.165, 1.54) is 0 Å². The van der Waals surface area contributed by atoms with Crippen molar-refractivity contribution in [3.63, 3.8) is 0 Å². The van der Waals surface area contributed by atoms with E-state index in [4.69, 9.17) is 0 Å². The number of alkyl halides is 4. The van der Waals surface area contributed by atoms with Gasteiger partial charge in [-0.15, -0.1) is 0 Å². The molecule has 60 valence electrons. The minimum Gasteiger partial charge on any atom is -0.290 e. The summed E-state index contributed by atoms with van der Waals surface area (Å²) in [5.74, 6) is -1.86. The van der Waals surface area contributed by atoms with Crippen LogP contribution in [0.3, 0.4) is 0 Å². The molecule has 0 rings (SSSR count). The zero-order valence-electron chi connectivity index (χ0n) is 5.04. The zero-order valence-corrected chi connectivity index (χ0v) is 5.04. The first-order valence-electron chi connectivity index (χ1n) is 2.64. The monoisotopic (exact) mass is 158 g/mol. The Morgan fingerprint density at radius 1 is 1.30 bits per heavy atom. The normalized spacial score (nSPS) is 11.6. The van der Waals surface area contributed by atoms with Gasteiger partial charge in [0, 0.05) is 6.42 Å². The van der Waals surface area contributed by atoms with Crippen LogP contribution in [0, 0.1) is 0 Å². The molecule has 0 aliphatic carbocycles. The van der Waals surface area contributed by atoms with Crippen molar-refractivity contribution in [1.29, 1.82) is 0 Å². The van der Waals surface area contributed by atoms with Gasteiger partial charge in [0.25, 0.3) is 0 Å². The van der Waals surface area contributed by atoms with Crippen molar-refractivity contribution < 1.29 is 22.4 Å². The smallest absolute Gasteiger partial charge is 0.290 e. The van der Waals surface area contributed by atoms with Gasteiger partial charge < -0.3 is 0 Å². The summed E-state index contributed by atoms with van der Waals surface area (Å²) in [6.45, 7) is -0.887. The molecule has 10 heavy (non-hydrogen) atoms. The summed E-state index contributed by atoms with van der Waals surface area (Å²) >= 11 is 0. The largest absolute Gasteiger partial charge is 0.449 e. The molecule has 0 saturated heterocycles. The molecule has 5 heteroatoms. The molecule has 0 saturated carbocycles. The Balaban J connectivity index is 3.64. The fraction of sp³-hybridized carbons (Fsp3) is 0.800. The quantitative estimate of drug-likeness (QED) is 0.573. The maximum Gasteiger partial charge on any atom is 0.449 e. The van der Waals surface area contributed by atoms with Gasteiger partial charge in [0.15, 0.2) is 0 Å². The van der Waals surface area contributed by atoms with Gasteiger partial charge in [-0.05, 0) is 6.42 Å². The molecule has 0 heterocycles. The van der Waals surface area contributed by atoms with Gasteiger partial charge in [-0.25, -0.2) is 0 Å². The number of carbonyl (C=O) groups excluding carboxylic acids is 1. The van der Waals surface area contributed by atoms with Crippen LogP contribution < -0.4 is 0 Å². The highest BCUT2D eigenvalue weighted by Crippen LogP contribution is 2.18. The van der Waals surface area contributed by atoms with Gasteiger partial charge in [-0.2, -0.15) is 13.2 Å². The highest BCUT2D eigenvalue weighted by molar-refractivity contribution is 5.83. The minimum atomic E-state index is -4.80. The summed E-state index contributed by atoms with van der Waals surface area (Å²) < 4.78 is 45.1. The van der Waals surface area contributed by atoms with Crippen molar-refractivity contribution in [2.45, 2.75) is 19.0 Å². The van der Waals surface area contributed by atoms with Crippen LogP contribution in [0.4, 0.5) is 17.6 Å². The van der Waals surface area contributed by atoms with Crippen LogP contribution >= 0.6 is 0 Å². The third-order valence-electron chi connectivity index (χ3n) is 0.854. The molecule has 0 aromatic rings. The Morgan fingerprint density at radius 2 is 1.80 bits per heavy atom. The van der Waals surface area contributed by atoms with E-state index < -0.39 is 25.1 Å². The maximum absolute atomic E-state index is 11.3. The predicted molar refractivity (Wildman–Crippen MR) is 26.3 cm³/mol. The SMILES string of the molecule is O=C(CCCF)C(F)(F)F. The lowest BCUT2D eigenvalue weighted by Gasteiger charge is -2.01. The van der Waals surface area contributed by atoms with Gasteiger partial charge in [-0.1, -0.05) is 0 Å². The van der Waals surface area contributed by atoms with E-state index in [2.05, 4.69) is 0 Å². The summed E-state index contributed by atoms with van der Waals surface area (Å²) in [6.07, 6.45) is -5.90. The average molecular weight is 158 g/mol. The van der Waals surface area contributed by atoms with Crippen molar-refractivity contribution >= 4 is 5.78 Å². The van der Waals surface area contributed by atoms with Crippen LogP contribution in [0.1, 0.15) is 12.8 Å². The summed E-state index contributed by atoms with van der Waals surface area (Å²) in [7, 11) is 0. The minimum absolute atomic E-state index is 0.349. The van der Waals surface area contributed by atoms with Crippen LogP contribution in [0.2, 0.25) is 0 Å². The van der Waals surface area contributed by atoms with Crippen molar-refractivity contribution in [1.82, 2.24) is 0 Å². The van der Waals surface area contributed by atoms with E-state index in [1.807, 2.05) is 0 Å². The topological polar surface area (TPSA) is 17.1 Å². The van der Waals surface area contributed by atoms with Crippen molar-refractivity contribution in [2.24, 2.45) is 0 Å². The lowest BCUT2D eigenvalue weighted by molar-refractivity contribution is -0.171. The first-order chi connectivity index (χ1) is 4.48. The van der Waals surface area contributed by atoms with Crippen LogP contribution in [0.25, 0.3) is 0 Å². The molecule has 0 aromatic heterocycles. The van der Waals surface area contributed by atoms with Gasteiger partial charge in [0.2, 0.25) is 5.78 Å². The van der Waals surface area contributed by atoms with E-state index in [-0.39, 0.29) is 6.42 Å².